The smallest absolute Gasteiger partial charge is 0.267 e. The monoisotopic (exact) mass is 419 g/mol. The third-order valence-corrected chi connectivity index (χ3v) is 6.69. The molecule has 3 rings (SSSR count). The molecule has 1 aliphatic carbocycles. The molecule has 1 aliphatic rings. The Hall–Kier alpha value is -2.19. The van der Waals surface area contributed by atoms with E-state index in [1.807, 2.05) is 26.8 Å². The summed E-state index contributed by atoms with van der Waals surface area (Å²) in [7, 11) is -2.36. The van der Waals surface area contributed by atoms with Crippen LogP contribution < -0.4 is 15.0 Å². The molecule has 0 saturated heterocycles. The van der Waals surface area contributed by atoms with E-state index in [1.54, 1.807) is 18.2 Å². The average molecular weight is 420 g/mol. The molecule has 1 N–H and O–H groups in total. The number of fused-ring (bicyclic) bond motifs is 1. The van der Waals surface area contributed by atoms with Gasteiger partial charge < -0.3 is 4.74 Å². The third kappa shape index (κ3) is 4.87. The summed E-state index contributed by atoms with van der Waals surface area (Å²) in [6.45, 7) is 6.30. The zero-order valence-electron chi connectivity index (χ0n) is 17.5. The number of aromatic nitrogens is 2. The Morgan fingerprint density at radius 3 is 2.59 bits per heavy atom. The van der Waals surface area contributed by atoms with Gasteiger partial charge in [-0.25, -0.2) is 17.8 Å². The normalized spacial score (nSPS) is 14.5. The molecule has 0 atom stereocenters. The lowest BCUT2D eigenvalue weighted by molar-refractivity contribution is 0.401. The molecule has 158 valence electrons. The number of sulfonamides is 1. The minimum absolute atomic E-state index is 0.0664. The Morgan fingerprint density at radius 1 is 1.17 bits per heavy atom. The molecule has 7 nitrogen and oxygen atoms in total. The number of nitrogens with zero attached hydrogens (tertiary/aromatic N) is 2. The van der Waals surface area contributed by atoms with E-state index in [9.17, 15) is 13.2 Å². The van der Waals surface area contributed by atoms with E-state index in [1.165, 1.54) is 11.8 Å². The third-order valence-electron chi connectivity index (χ3n) is 5.21. The van der Waals surface area contributed by atoms with Crippen LogP contribution in [-0.4, -0.2) is 31.9 Å². The molecule has 0 radical (unpaired) electrons. The van der Waals surface area contributed by atoms with E-state index in [4.69, 9.17) is 4.74 Å². The van der Waals surface area contributed by atoms with Crippen LogP contribution in [0.3, 0.4) is 0 Å². The number of ether oxygens (including phenoxy) is 1. The first-order chi connectivity index (χ1) is 13.6. The van der Waals surface area contributed by atoms with Crippen molar-refractivity contribution in [1.29, 1.82) is 0 Å². The van der Waals surface area contributed by atoms with Crippen molar-refractivity contribution in [2.45, 2.75) is 63.3 Å². The molecular formula is C21H29N3O4S. The first kappa shape index (κ1) is 21.5. The second-order valence-electron chi connectivity index (χ2n) is 8.40. The van der Waals surface area contributed by atoms with Gasteiger partial charge in [-0.15, -0.1) is 0 Å². The van der Waals surface area contributed by atoms with Gasteiger partial charge in [0.05, 0.1) is 19.3 Å². The van der Waals surface area contributed by atoms with Crippen molar-refractivity contribution in [2.24, 2.45) is 0 Å². The number of nitrogens with one attached hydrogen (secondary N) is 1. The number of benzene rings is 1. The van der Waals surface area contributed by atoms with Gasteiger partial charge in [-0.1, -0.05) is 26.8 Å². The van der Waals surface area contributed by atoms with Crippen LogP contribution in [0.4, 0.5) is 0 Å². The summed E-state index contributed by atoms with van der Waals surface area (Å²) in [5.41, 5.74) is 2.46. The van der Waals surface area contributed by atoms with Gasteiger partial charge in [0.15, 0.2) is 0 Å². The van der Waals surface area contributed by atoms with Crippen LogP contribution in [0.2, 0.25) is 0 Å². The van der Waals surface area contributed by atoms with E-state index >= 15 is 0 Å². The molecule has 0 amide bonds. The van der Waals surface area contributed by atoms with Crippen molar-refractivity contribution >= 4 is 10.0 Å². The van der Waals surface area contributed by atoms with Crippen molar-refractivity contribution in [3.63, 3.8) is 0 Å². The predicted octanol–water partition coefficient (Wildman–Crippen LogP) is 2.41. The lowest BCUT2D eigenvalue weighted by atomic mass is 9.87. The second-order valence-corrected chi connectivity index (χ2v) is 10.1. The summed E-state index contributed by atoms with van der Waals surface area (Å²) >= 11 is 0. The summed E-state index contributed by atoms with van der Waals surface area (Å²) in [5.74, 6) is 0.287. The molecule has 1 aromatic carbocycles. The van der Waals surface area contributed by atoms with E-state index in [0.29, 0.717) is 0 Å². The van der Waals surface area contributed by atoms with Gasteiger partial charge in [-0.2, -0.15) is 5.10 Å². The molecule has 8 heteroatoms. The maximum atomic E-state index is 12.9. The molecule has 0 spiro atoms. The summed E-state index contributed by atoms with van der Waals surface area (Å²) in [6.07, 6.45) is 3.88. The lowest BCUT2D eigenvalue weighted by Crippen LogP contribution is -2.33. The summed E-state index contributed by atoms with van der Waals surface area (Å²) in [5, 5.41) is 4.43. The van der Waals surface area contributed by atoms with E-state index in [0.717, 1.165) is 42.5 Å². The van der Waals surface area contributed by atoms with Gasteiger partial charge >= 0.3 is 0 Å². The quantitative estimate of drug-likeness (QED) is 0.777. The van der Waals surface area contributed by atoms with Crippen LogP contribution in [0.5, 0.6) is 5.75 Å². The number of hydrogen-bond donors (Lipinski definition) is 1. The zero-order valence-corrected chi connectivity index (χ0v) is 18.3. The maximum absolute atomic E-state index is 12.9. The number of methoxy groups -OCH3 is 1. The van der Waals surface area contributed by atoms with Gasteiger partial charge in [0.25, 0.3) is 5.56 Å². The molecule has 0 aliphatic heterocycles. The van der Waals surface area contributed by atoms with E-state index in [-0.39, 0.29) is 34.7 Å². The molecular weight excluding hydrogens is 390 g/mol. The fourth-order valence-electron chi connectivity index (χ4n) is 3.48. The van der Waals surface area contributed by atoms with Crippen molar-refractivity contribution in [3.8, 4) is 5.75 Å². The minimum atomic E-state index is -3.80. The second kappa shape index (κ2) is 8.28. The standard InChI is InChI=1S/C21H29N3O4S/c1-21(2,3)16-9-10-18(28-4)19(14-16)29(26,27)22-11-12-24-20(25)13-15-7-5-6-8-17(15)23-24/h9-10,13-14,22H,5-8,11-12H2,1-4H3. The molecule has 1 heterocycles. The fraction of sp³-hybridized carbons (Fsp3) is 0.524. The molecule has 0 fully saturated rings. The van der Waals surface area contributed by atoms with Crippen LogP contribution in [-0.2, 0) is 34.8 Å². The molecule has 0 bridgehead atoms. The van der Waals surface area contributed by atoms with Gasteiger partial charge in [0.2, 0.25) is 10.0 Å². The fourth-order valence-corrected chi connectivity index (χ4v) is 4.69. The van der Waals surface area contributed by atoms with Crippen molar-refractivity contribution < 1.29 is 13.2 Å². The number of hydrogen-bond acceptors (Lipinski definition) is 5. The Kier molecular flexibility index (Phi) is 6.14. The van der Waals surface area contributed by atoms with Gasteiger partial charge in [-0.3, -0.25) is 4.79 Å². The Balaban J connectivity index is 1.78. The number of aryl methyl sites for hydroxylation is 2. The Morgan fingerprint density at radius 2 is 1.90 bits per heavy atom. The van der Waals surface area contributed by atoms with Crippen molar-refractivity contribution in [1.82, 2.24) is 14.5 Å². The number of rotatable bonds is 6. The Labute approximate surface area is 172 Å². The van der Waals surface area contributed by atoms with Crippen LogP contribution in [0.15, 0.2) is 34.0 Å². The molecule has 29 heavy (non-hydrogen) atoms. The van der Waals surface area contributed by atoms with Crippen LogP contribution in [0.1, 0.15) is 50.4 Å². The molecule has 0 unspecified atom stereocenters. The topological polar surface area (TPSA) is 90.3 Å². The van der Waals surface area contributed by atoms with Crippen LogP contribution in [0.25, 0.3) is 0 Å². The van der Waals surface area contributed by atoms with Gasteiger partial charge in [0.1, 0.15) is 10.6 Å². The Bertz CT molecular complexity index is 1050. The highest BCUT2D eigenvalue weighted by molar-refractivity contribution is 7.89. The molecule has 0 saturated carbocycles. The van der Waals surface area contributed by atoms with E-state index < -0.39 is 10.0 Å². The first-order valence-corrected chi connectivity index (χ1v) is 11.4. The highest BCUT2D eigenvalue weighted by Gasteiger charge is 2.23. The van der Waals surface area contributed by atoms with Gasteiger partial charge in [-0.05, 0) is 54.4 Å². The first-order valence-electron chi connectivity index (χ1n) is 9.90. The maximum Gasteiger partial charge on any atom is 0.267 e. The van der Waals surface area contributed by atoms with E-state index in [2.05, 4.69) is 9.82 Å². The summed E-state index contributed by atoms with van der Waals surface area (Å²) in [6, 6.07) is 6.81. The average Bonchev–Trinajstić information content (AvgIpc) is 2.67. The largest absolute Gasteiger partial charge is 0.495 e. The highest BCUT2D eigenvalue weighted by atomic mass is 32.2. The summed E-state index contributed by atoms with van der Waals surface area (Å²) < 4.78 is 35.0. The highest BCUT2D eigenvalue weighted by Crippen LogP contribution is 2.30. The zero-order chi connectivity index (χ0) is 21.2. The van der Waals surface area contributed by atoms with Gasteiger partial charge in [0, 0.05) is 12.6 Å². The lowest BCUT2D eigenvalue weighted by Gasteiger charge is -2.21. The SMILES string of the molecule is COc1ccc(C(C)(C)C)cc1S(=O)(=O)NCCn1nc2c(cc1=O)CCCC2. The molecule has 1 aromatic heterocycles. The van der Waals surface area contributed by atoms with Crippen LogP contribution in [0, 0.1) is 0 Å². The minimum Gasteiger partial charge on any atom is -0.495 e. The predicted molar refractivity (Wildman–Crippen MR) is 112 cm³/mol. The molecule has 2 aromatic rings. The van der Waals surface area contributed by atoms with Crippen LogP contribution >= 0.6 is 0 Å². The van der Waals surface area contributed by atoms with Crippen molar-refractivity contribution in [3.05, 3.63) is 51.4 Å². The van der Waals surface area contributed by atoms with Crippen molar-refractivity contribution in [2.75, 3.05) is 13.7 Å². The summed E-state index contributed by atoms with van der Waals surface area (Å²) in [4.78, 5) is 12.4.